The van der Waals surface area contributed by atoms with E-state index in [1.807, 2.05) is 4.57 Å². The maximum Gasteiger partial charge on any atom is 0.345 e. The van der Waals surface area contributed by atoms with Gasteiger partial charge in [0.05, 0.1) is 0 Å². The standard InChI is InChI=1S/C26H45N7O/c1-3-5-7-10-18-33-26(34)32(24(29-33)13-6-4-2)19-20-14-16-21(17-15-20)22-11-8-9-12-23(22)25-27-30-31-28-25/h20-23H,3-19H2,1-2H3,(H,27,28,30,31). The first kappa shape index (κ1) is 25.1. The van der Waals surface area contributed by atoms with Gasteiger partial charge in [-0.2, -0.15) is 10.3 Å². The molecule has 0 bridgehead atoms. The summed E-state index contributed by atoms with van der Waals surface area (Å²) < 4.78 is 3.78. The van der Waals surface area contributed by atoms with Crippen molar-refractivity contribution in [1.29, 1.82) is 0 Å². The van der Waals surface area contributed by atoms with Crippen molar-refractivity contribution in [2.45, 2.75) is 129 Å². The largest absolute Gasteiger partial charge is 0.345 e. The van der Waals surface area contributed by atoms with E-state index in [0.717, 1.165) is 56.3 Å². The molecule has 2 aliphatic carbocycles. The van der Waals surface area contributed by atoms with E-state index in [2.05, 4.69) is 34.5 Å². The van der Waals surface area contributed by atoms with Crippen molar-refractivity contribution in [2.24, 2.45) is 17.8 Å². The molecule has 2 atom stereocenters. The molecule has 2 heterocycles. The fraction of sp³-hybridized carbons (Fsp3) is 0.885. The average Bonchev–Trinajstić information content (AvgIpc) is 3.50. The van der Waals surface area contributed by atoms with Crippen LogP contribution in [0.15, 0.2) is 4.79 Å². The first-order valence-electron chi connectivity index (χ1n) is 14.1. The number of hydrogen-bond acceptors (Lipinski definition) is 5. The van der Waals surface area contributed by atoms with Crippen molar-refractivity contribution >= 4 is 0 Å². The molecular weight excluding hydrogens is 426 g/mol. The molecule has 2 aliphatic rings. The smallest absolute Gasteiger partial charge is 0.279 e. The van der Waals surface area contributed by atoms with Crippen LogP contribution >= 0.6 is 0 Å². The lowest BCUT2D eigenvalue weighted by molar-refractivity contribution is 0.137. The molecule has 0 amide bonds. The summed E-state index contributed by atoms with van der Waals surface area (Å²) in [6.07, 6.45) is 17.8. The molecule has 1 N–H and O–H groups in total. The van der Waals surface area contributed by atoms with Gasteiger partial charge in [-0.25, -0.2) is 9.48 Å². The average molecular weight is 472 g/mol. The number of rotatable bonds is 12. The predicted molar refractivity (Wildman–Crippen MR) is 134 cm³/mol. The topological polar surface area (TPSA) is 94.3 Å². The minimum Gasteiger partial charge on any atom is -0.279 e. The van der Waals surface area contributed by atoms with Crippen LogP contribution in [-0.2, 0) is 19.5 Å². The maximum atomic E-state index is 13.2. The zero-order valence-electron chi connectivity index (χ0n) is 21.4. The maximum absolute atomic E-state index is 13.2. The molecule has 8 nitrogen and oxygen atoms in total. The summed E-state index contributed by atoms with van der Waals surface area (Å²) in [5, 5.41) is 19.9. The Morgan fingerprint density at radius 2 is 1.74 bits per heavy atom. The van der Waals surface area contributed by atoms with Crippen molar-refractivity contribution in [3.63, 3.8) is 0 Å². The van der Waals surface area contributed by atoms with E-state index < -0.39 is 0 Å². The van der Waals surface area contributed by atoms with Crippen LogP contribution in [0.1, 0.15) is 121 Å². The van der Waals surface area contributed by atoms with E-state index in [-0.39, 0.29) is 5.69 Å². The Morgan fingerprint density at radius 1 is 0.941 bits per heavy atom. The third kappa shape index (κ3) is 6.16. The molecule has 2 saturated carbocycles. The van der Waals surface area contributed by atoms with Crippen LogP contribution < -0.4 is 5.69 Å². The van der Waals surface area contributed by atoms with Gasteiger partial charge in [-0.3, -0.25) is 4.57 Å². The van der Waals surface area contributed by atoms with Crippen molar-refractivity contribution < 1.29 is 0 Å². The summed E-state index contributed by atoms with van der Waals surface area (Å²) in [6.45, 7) is 6.03. The van der Waals surface area contributed by atoms with Crippen LogP contribution in [0.4, 0.5) is 0 Å². The highest BCUT2D eigenvalue weighted by molar-refractivity contribution is 5.00. The molecule has 4 rings (SSSR count). The molecule has 2 unspecified atom stereocenters. The van der Waals surface area contributed by atoms with Crippen LogP contribution in [0.3, 0.4) is 0 Å². The summed E-state index contributed by atoms with van der Waals surface area (Å²) in [5.74, 6) is 4.40. The molecule has 34 heavy (non-hydrogen) atoms. The van der Waals surface area contributed by atoms with Crippen LogP contribution in [-0.4, -0.2) is 35.0 Å². The second-order valence-corrected chi connectivity index (χ2v) is 10.8. The fourth-order valence-electron chi connectivity index (χ4n) is 6.45. The number of aryl methyl sites for hydroxylation is 2. The normalized spacial score (nSPS) is 25.6. The quantitative estimate of drug-likeness (QED) is 0.426. The summed E-state index contributed by atoms with van der Waals surface area (Å²) >= 11 is 0. The van der Waals surface area contributed by atoms with E-state index in [1.165, 1.54) is 70.6 Å². The molecular formula is C26H45N7O. The lowest BCUT2D eigenvalue weighted by Gasteiger charge is -2.39. The third-order valence-corrected chi connectivity index (χ3v) is 8.43. The monoisotopic (exact) mass is 471 g/mol. The van der Waals surface area contributed by atoms with Crippen LogP contribution in [0.25, 0.3) is 0 Å². The first-order chi connectivity index (χ1) is 16.7. The van der Waals surface area contributed by atoms with Crippen molar-refractivity contribution in [3.8, 4) is 0 Å². The van der Waals surface area contributed by atoms with Gasteiger partial charge in [-0.15, -0.1) is 10.2 Å². The molecule has 0 aliphatic heterocycles. The van der Waals surface area contributed by atoms with Gasteiger partial charge in [0, 0.05) is 25.4 Å². The molecule has 2 aromatic rings. The van der Waals surface area contributed by atoms with Gasteiger partial charge in [0.25, 0.3) is 0 Å². The highest BCUT2D eigenvalue weighted by Gasteiger charge is 2.37. The second kappa shape index (κ2) is 12.6. The third-order valence-electron chi connectivity index (χ3n) is 8.43. The Hall–Kier alpha value is -1.99. The Balaban J connectivity index is 1.37. The van der Waals surface area contributed by atoms with Crippen molar-refractivity contribution in [1.82, 2.24) is 35.0 Å². The van der Waals surface area contributed by atoms with Gasteiger partial charge in [0.1, 0.15) is 5.82 Å². The van der Waals surface area contributed by atoms with Crippen LogP contribution in [0, 0.1) is 17.8 Å². The van der Waals surface area contributed by atoms with Gasteiger partial charge in [0.2, 0.25) is 0 Å². The summed E-state index contributed by atoms with van der Waals surface area (Å²) in [5.41, 5.74) is 0.120. The van der Waals surface area contributed by atoms with E-state index >= 15 is 0 Å². The number of aromatic nitrogens is 7. The highest BCUT2D eigenvalue weighted by Crippen LogP contribution is 2.46. The number of hydrogen-bond donors (Lipinski definition) is 1. The molecule has 0 radical (unpaired) electrons. The number of H-pyrrole nitrogens is 1. The Kier molecular flexibility index (Phi) is 9.33. The number of aromatic amines is 1. The Bertz CT molecular complexity index is 895. The number of tetrazole rings is 1. The number of unbranched alkanes of at least 4 members (excludes halogenated alkanes) is 4. The Morgan fingerprint density at radius 3 is 2.47 bits per heavy atom. The summed E-state index contributed by atoms with van der Waals surface area (Å²) in [6, 6.07) is 0. The second-order valence-electron chi connectivity index (χ2n) is 10.8. The zero-order valence-corrected chi connectivity index (χ0v) is 21.4. The molecule has 0 saturated heterocycles. The Labute approximate surface area is 204 Å². The summed E-state index contributed by atoms with van der Waals surface area (Å²) in [4.78, 5) is 13.2. The zero-order chi connectivity index (χ0) is 23.8. The van der Waals surface area contributed by atoms with E-state index in [1.54, 1.807) is 4.68 Å². The van der Waals surface area contributed by atoms with Crippen LogP contribution in [0.5, 0.6) is 0 Å². The van der Waals surface area contributed by atoms with E-state index in [4.69, 9.17) is 5.10 Å². The minimum atomic E-state index is 0.120. The summed E-state index contributed by atoms with van der Waals surface area (Å²) in [7, 11) is 0. The molecule has 2 fully saturated rings. The van der Waals surface area contributed by atoms with E-state index in [9.17, 15) is 4.79 Å². The van der Waals surface area contributed by atoms with Gasteiger partial charge in [-0.05, 0) is 69.1 Å². The molecule has 0 aromatic carbocycles. The molecule has 2 aromatic heterocycles. The van der Waals surface area contributed by atoms with E-state index in [0.29, 0.717) is 17.8 Å². The van der Waals surface area contributed by atoms with Crippen molar-refractivity contribution in [3.05, 3.63) is 22.1 Å². The fourth-order valence-corrected chi connectivity index (χ4v) is 6.45. The van der Waals surface area contributed by atoms with Crippen molar-refractivity contribution in [2.75, 3.05) is 0 Å². The molecule has 0 spiro atoms. The number of nitrogens with zero attached hydrogens (tertiary/aromatic N) is 6. The predicted octanol–water partition coefficient (Wildman–Crippen LogP) is 5.26. The minimum absolute atomic E-state index is 0.120. The van der Waals surface area contributed by atoms with Gasteiger partial charge in [0.15, 0.2) is 5.82 Å². The van der Waals surface area contributed by atoms with Gasteiger partial charge >= 0.3 is 5.69 Å². The van der Waals surface area contributed by atoms with Gasteiger partial charge in [-0.1, -0.05) is 57.6 Å². The van der Waals surface area contributed by atoms with Gasteiger partial charge < -0.3 is 0 Å². The first-order valence-corrected chi connectivity index (χ1v) is 14.1. The SMILES string of the molecule is CCCCCCn1nc(CCCC)n(CC2CCC(C3CCCCC3c3nn[nH]n3)CC2)c1=O. The highest BCUT2D eigenvalue weighted by atomic mass is 16.2. The molecule has 190 valence electrons. The lowest BCUT2D eigenvalue weighted by Crippen LogP contribution is -2.32. The lowest BCUT2D eigenvalue weighted by atomic mass is 9.66. The molecule has 8 heteroatoms. The van der Waals surface area contributed by atoms with Crippen LogP contribution in [0.2, 0.25) is 0 Å². The number of nitrogens with one attached hydrogen (secondary N) is 1.